The number of rotatable bonds is 6. The molecule has 9 nitrogen and oxygen atoms in total. The Balaban J connectivity index is 1.28. The van der Waals surface area contributed by atoms with Crippen molar-refractivity contribution in [2.24, 2.45) is 0 Å². The number of piperidine rings is 1. The van der Waals surface area contributed by atoms with E-state index in [-0.39, 0.29) is 11.9 Å². The number of nitrogens with one attached hydrogen (secondary N) is 1. The fraction of sp³-hybridized carbons (Fsp3) is 0.462. The van der Waals surface area contributed by atoms with E-state index in [2.05, 4.69) is 39.6 Å². The Kier molecular flexibility index (Phi) is 6.31. The number of nitrogens with zero attached hydrogens (tertiary/aromatic N) is 6. The van der Waals surface area contributed by atoms with E-state index in [1.807, 2.05) is 18.5 Å². The van der Waals surface area contributed by atoms with Crippen molar-refractivity contribution in [1.82, 2.24) is 29.6 Å². The first-order chi connectivity index (χ1) is 17.0. The highest BCUT2D eigenvalue weighted by molar-refractivity contribution is 5.87. The van der Waals surface area contributed by atoms with E-state index in [0.717, 1.165) is 62.0 Å². The van der Waals surface area contributed by atoms with Crippen molar-refractivity contribution in [2.45, 2.75) is 57.2 Å². The van der Waals surface area contributed by atoms with Gasteiger partial charge < -0.3 is 15.0 Å². The lowest BCUT2D eigenvalue weighted by molar-refractivity contribution is -0.117. The van der Waals surface area contributed by atoms with Crippen molar-refractivity contribution in [3.8, 4) is 22.9 Å². The molecule has 2 fully saturated rings. The van der Waals surface area contributed by atoms with Crippen LogP contribution in [-0.4, -0.2) is 62.5 Å². The predicted molar refractivity (Wildman–Crippen MR) is 132 cm³/mol. The van der Waals surface area contributed by atoms with Crippen LogP contribution in [0.25, 0.3) is 16.6 Å². The first-order valence-corrected chi connectivity index (χ1v) is 12.2. The summed E-state index contributed by atoms with van der Waals surface area (Å²) < 4.78 is 9.44. The lowest BCUT2D eigenvalue weighted by Gasteiger charge is -2.36. The van der Waals surface area contributed by atoms with E-state index in [1.165, 1.54) is 6.08 Å². The van der Waals surface area contributed by atoms with Crippen molar-refractivity contribution in [1.29, 1.82) is 5.26 Å². The molecule has 1 N–H and O–H groups in total. The number of ether oxygens (including phenoxy) is 1. The molecule has 1 amide bonds. The molecule has 9 heteroatoms. The van der Waals surface area contributed by atoms with Crippen LogP contribution in [0.4, 0.5) is 0 Å². The number of likely N-dealkylation sites (tertiary alicyclic amines) is 1. The SMILES string of the molecule is C=CC(=O)N[C@H]1CC[C@@H](N2CCC(n3ncc(-c4cc(OC)c5c(C#N)cnn5c4)c3C)CC2)C1. The van der Waals surface area contributed by atoms with Crippen molar-refractivity contribution >= 4 is 11.4 Å². The van der Waals surface area contributed by atoms with Gasteiger partial charge in [0.15, 0.2) is 0 Å². The van der Waals surface area contributed by atoms with Gasteiger partial charge in [0, 0.05) is 48.2 Å². The van der Waals surface area contributed by atoms with Gasteiger partial charge in [-0.2, -0.15) is 15.5 Å². The Morgan fingerprint density at radius 1 is 1.23 bits per heavy atom. The number of carbonyl (C=O) groups excluding carboxylic acids is 1. The highest BCUT2D eigenvalue weighted by atomic mass is 16.5. The molecule has 0 spiro atoms. The topological polar surface area (TPSA) is 100 Å². The smallest absolute Gasteiger partial charge is 0.243 e. The quantitative estimate of drug-likeness (QED) is 0.552. The third kappa shape index (κ3) is 4.30. The lowest BCUT2D eigenvalue weighted by Crippen LogP contribution is -2.42. The van der Waals surface area contributed by atoms with Crippen molar-refractivity contribution < 1.29 is 9.53 Å². The summed E-state index contributed by atoms with van der Waals surface area (Å²) in [5.74, 6) is 0.547. The van der Waals surface area contributed by atoms with Crippen molar-refractivity contribution in [2.75, 3.05) is 20.2 Å². The molecule has 0 radical (unpaired) electrons. The minimum atomic E-state index is -0.0749. The highest BCUT2D eigenvalue weighted by Crippen LogP contribution is 2.34. The minimum absolute atomic E-state index is 0.0749. The van der Waals surface area contributed by atoms with E-state index < -0.39 is 0 Å². The number of methoxy groups -OCH3 is 1. The molecule has 1 saturated carbocycles. The van der Waals surface area contributed by atoms with Crippen molar-refractivity contribution in [3.63, 3.8) is 0 Å². The third-order valence-electron chi connectivity index (χ3n) is 7.57. The van der Waals surface area contributed by atoms with E-state index in [0.29, 0.717) is 28.9 Å². The van der Waals surface area contributed by atoms with Crippen LogP contribution in [0.5, 0.6) is 5.75 Å². The van der Waals surface area contributed by atoms with Gasteiger partial charge in [-0.05, 0) is 51.2 Å². The summed E-state index contributed by atoms with van der Waals surface area (Å²) in [6, 6.07) is 5.28. The van der Waals surface area contributed by atoms with E-state index in [1.54, 1.807) is 17.8 Å². The maximum Gasteiger partial charge on any atom is 0.243 e. The Labute approximate surface area is 205 Å². The zero-order valence-electron chi connectivity index (χ0n) is 20.3. The number of nitriles is 1. The fourth-order valence-corrected chi connectivity index (χ4v) is 5.72. The second kappa shape index (κ2) is 9.55. The molecule has 0 unspecified atom stereocenters. The van der Waals surface area contributed by atoms with Gasteiger partial charge in [-0.1, -0.05) is 6.58 Å². The van der Waals surface area contributed by atoms with E-state index in [4.69, 9.17) is 9.84 Å². The van der Waals surface area contributed by atoms with Gasteiger partial charge in [0.25, 0.3) is 0 Å². The molecule has 3 aromatic heterocycles. The highest BCUT2D eigenvalue weighted by Gasteiger charge is 2.33. The zero-order valence-corrected chi connectivity index (χ0v) is 20.3. The fourth-order valence-electron chi connectivity index (χ4n) is 5.72. The molecule has 1 aliphatic heterocycles. The zero-order chi connectivity index (χ0) is 24.5. The molecule has 35 heavy (non-hydrogen) atoms. The van der Waals surface area contributed by atoms with Gasteiger partial charge in [-0.15, -0.1) is 0 Å². The number of fused-ring (bicyclic) bond motifs is 1. The summed E-state index contributed by atoms with van der Waals surface area (Å²) in [5, 5.41) is 21.5. The Morgan fingerprint density at radius 3 is 2.74 bits per heavy atom. The Morgan fingerprint density at radius 2 is 2.03 bits per heavy atom. The molecule has 5 rings (SSSR count). The first kappa shape index (κ1) is 23.1. The average molecular weight is 474 g/mol. The summed E-state index contributed by atoms with van der Waals surface area (Å²) in [7, 11) is 1.61. The predicted octanol–water partition coefficient (Wildman–Crippen LogP) is 3.25. The largest absolute Gasteiger partial charge is 0.494 e. The molecule has 182 valence electrons. The molecular weight excluding hydrogens is 442 g/mol. The van der Waals surface area contributed by atoms with Gasteiger partial charge in [0.2, 0.25) is 5.91 Å². The lowest BCUT2D eigenvalue weighted by atomic mass is 10.0. The maximum atomic E-state index is 11.6. The second-order valence-corrected chi connectivity index (χ2v) is 9.49. The summed E-state index contributed by atoms with van der Waals surface area (Å²) in [5.41, 5.74) is 4.28. The van der Waals surface area contributed by atoms with Crippen LogP contribution >= 0.6 is 0 Å². The number of carbonyl (C=O) groups is 1. The molecule has 4 heterocycles. The summed E-state index contributed by atoms with van der Waals surface area (Å²) in [6.07, 6.45) is 12.0. The number of amides is 1. The molecule has 1 aliphatic carbocycles. The van der Waals surface area contributed by atoms with E-state index >= 15 is 0 Å². The molecule has 3 aromatic rings. The Bertz CT molecular complexity index is 1290. The van der Waals surface area contributed by atoms with Gasteiger partial charge >= 0.3 is 0 Å². The molecule has 2 aliphatic rings. The van der Waals surface area contributed by atoms with Crippen LogP contribution in [0, 0.1) is 18.3 Å². The van der Waals surface area contributed by atoms with Crippen LogP contribution < -0.4 is 10.1 Å². The minimum Gasteiger partial charge on any atom is -0.494 e. The number of aromatic nitrogens is 4. The molecule has 0 aromatic carbocycles. The first-order valence-electron chi connectivity index (χ1n) is 12.2. The van der Waals surface area contributed by atoms with Gasteiger partial charge in [0.1, 0.15) is 22.9 Å². The third-order valence-corrected chi connectivity index (χ3v) is 7.57. The van der Waals surface area contributed by atoms with Crippen LogP contribution in [0.2, 0.25) is 0 Å². The summed E-state index contributed by atoms with van der Waals surface area (Å²) in [4.78, 5) is 14.2. The van der Waals surface area contributed by atoms with Gasteiger partial charge in [-0.3, -0.25) is 9.48 Å². The number of pyridine rings is 1. The van der Waals surface area contributed by atoms with Gasteiger partial charge in [-0.25, -0.2) is 4.52 Å². The maximum absolute atomic E-state index is 11.6. The van der Waals surface area contributed by atoms with Crippen LogP contribution in [0.1, 0.15) is 49.4 Å². The molecular formula is C26H31N7O2. The van der Waals surface area contributed by atoms with Crippen LogP contribution in [0.15, 0.2) is 37.3 Å². The van der Waals surface area contributed by atoms with E-state index in [9.17, 15) is 10.1 Å². The molecule has 1 saturated heterocycles. The number of hydrogen-bond donors (Lipinski definition) is 1. The Hall–Kier alpha value is -3.64. The standard InChI is InChI=1S/C26H31N7O2/c1-4-25(34)30-20-5-6-22(12-20)31-9-7-21(8-10-31)33-17(2)23(15-29-33)18-11-24(35-3)26-19(13-27)14-28-32(26)16-18/h4,11,14-16,20-22H,1,5-10,12H2,2-3H3,(H,30,34)/t20-,22+/m0/s1. The second-order valence-electron chi connectivity index (χ2n) is 9.49. The monoisotopic (exact) mass is 473 g/mol. The molecule has 2 atom stereocenters. The van der Waals surface area contributed by atoms with Crippen LogP contribution in [-0.2, 0) is 4.79 Å². The van der Waals surface area contributed by atoms with Crippen LogP contribution in [0.3, 0.4) is 0 Å². The average Bonchev–Trinajstić information content (AvgIpc) is 3.61. The number of hydrogen-bond acceptors (Lipinski definition) is 6. The summed E-state index contributed by atoms with van der Waals surface area (Å²) in [6.45, 7) is 7.74. The summed E-state index contributed by atoms with van der Waals surface area (Å²) >= 11 is 0. The van der Waals surface area contributed by atoms with Gasteiger partial charge in [0.05, 0.1) is 25.5 Å². The van der Waals surface area contributed by atoms with Crippen molar-refractivity contribution in [3.05, 3.63) is 48.6 Å². The molecule has 0 bridgehead atoms. The normalized spacial score (nSPS) is 21.2.